The molecule has 4 nitrogen and oxygen atoms in total. The van der Waals surface area contributed by atoms with Crippen molar-refractivity contribution in [3.63, 3.8) is 0 Å². The number of hydrogen-bond donors (Lipinski definition) is 1. The van der Waals surface area contributed by atoms with Crippen molar-refractivity contribution in [2.45, 2.75) is 13.5 Å². The predicted molar refractivity (Wildman–Crippen MR) is 58.0 cm³/mol. The third-order valence-electron chi connectivity index (χ3n) is 1.97. The van der Waals surface area contributed by atoms with E-state index >= 15 is 0 Å². The predicted octanol–water partition coefficient (Wildman–Crippen LogP) is 1.53. The Morgan fingerprint density at radius 1 is 1.27 bits per heavy atom. The van der Waals surface area contributed by atoms with Gasteiger partial charge < -0.3 is 19.9 Å². The Morgan fingerprint density at radius 2 is 2.07 bits per heavy atom. The SMILES string of the molecule is CCOCOc1ccc(CN)cc1OC. The highest BCUT2D eigenvalue weighted by Crippen LogP contribution is 2.27. The molecule has 2 N–H and O–H groups in total. The third kappa shape index (κ3) is 3.42. The average Bonchev–Trinajstić information content (AvgIpc) is 2.29. The van der Waals surface area contributed by atoms with Gasteiger partial charge >= 0.3 is 0 Å². The lowest BCUT2D eigenvalue weighted by molar-refractivity contribution is 0.0209. The van der Waals surface area contributed by atoms with E-state index < -0.39 is 0 Å². The molecular formula is C11H17NO3. The standard InChI is InChI=1S/C11H17NO3/c1-3-14-8-15-10-5-4-9(7-12)6-11(10)13-2/h4-6H,3,7-8,12H2,1-2H3. The molecule has 15 heavy (non-hydrogen) atoms. The van der Waals surface area contributed by atoms with Gasteiger partial charge in [0.1, 0.15) is 0 Å². The molecule has 0 spiro atoms. The third-order valence-corrected chi connectivity index (χ3v) is 1.97. The first-order valence-corrected chi connectivity index (χ1v) is 4.89. The van der Waals surface area contributed by atoms with Crippen LogP contribution in [0.3, 0.4) is 0 Å². The van der Waals surface area contributed by atoms with E-state index in [9.17, 15) is 0 Å². The molecule has 84 valence electrons. The highest BCUT2D eigenvalue weighted by molar-refractivity contribution is 5.42. The van der Waals surface area contributed by atoms with E-state index in [0.717, 1.165) is 5.56 Å². The maximum Gasteiger partial charge on any atom is 0.189 e. The summed E-state index contributed by atoms with van der Waals surface area (Å²) in [4.78, 5) is 0. The van der Waals surface area contributed by atoms with Crippen molar-refractivity contribution < 1.29 is 14.2 Å². The van der Waals surface area contributed by atoms with Gasteiger partial charge in [-0.3, -0.25) is 0 Å². The van der Waals surface area contributed by atoms with Crippen LogP contribution in [0.5, 0.6) is 11.5 Å². The Morgan fingerprint density at radius 3 is 2.67 bits per heavy atom. The van der Waals surface area contributed by atoms with Crippen LogP contribution in [0.15, 0.2) is 18.2 Å². The van der Waals surface area contributed by atoms with Crippen LogP contribution in [0.2, 0.25) is 0 Å². The van der Waals surface area contributed by atoms with E-state index in [1.54, 1.807) is 7.11 Å². The lowest BCUT2D eigenvalue weighted by Crippen LogP contribution is -2.04. The highest BCUT2D eigenvalue weighted by Gasteiger charge is 2.04. The molecule has 0 saturated heterocycles. The first-order valence-electron chi connectivity index (χ1n) is 4.89. The van der Waals surface area contributed by atoms with Crippen molar-refractivity contribution in [2.24, 2.45) is 5.73 Å². The lowest BCUT2D eigenvalue weighted by Gasteiger charge is -2.11. The molecule has 0 heterocycles. The van der Waals surface area contributed by atoms with Crippen molar-refractivity contribution in [1.82, 2.24) is 0 Å². The van der Waals surface area contributed by atoms with Crippen LogP contribution in [-0.2, 0) is 11.3 Å². The molecule has 0 unspecified atom stereocenters. The van der Waals surface area contributed by atoms with E-state index in [0.29, 0.717) is 24.7 Å². The molecule has 0 atom stereocenters. The van der Waals surface area contributed by atoms with Crippen molar-refractivity contribution in [3.8, 4) is 11.5 Å². The van der Waals surface area contributed by atoms with Gasteiger partial charge in [0.15, 0.2) is 18.3 Å². The first kappa shape index (κ1) is 11.8. The van der Waals surface area contributed by atoms with Gasteiger partial charge in [-0.05, 0) is 24.6 Å². The van der Waals surface area contributed by atoms with Gasteiger partial charge in [0.2, 0.25) is 0 Å². The summed E-state index contributed by atoms with van der Waals surface area (Å²) in [6.45, 7) is 3.26. The van der Waals surface area contributed by atoms with E-state index in [-0.39, 0.29) is 6.79 Å². The molecule has 4 heteroatoms. The largest absolute Gasteiger partial charge is 0.493 e. The van der Waals surface area contributed by atoms with E-state index in [2.05, 4.69) is 0 Å². The zero-order chi connectivity index (χ0) is 11.1. The van der Waals surface area contributed by atoms with Gasteiger partial charge in [0, 0.05) is 13.2 Å². The molecule has 0 aromatic heterocycles. The maximum absolute atomic E-state index is 5.52. The molecule has 0 radical (unpaired) electrons. The van der Waals surface area contributed by atoms with Crippen LogP contribution in [0.4, 0.5) is 0 Å². The molecule has 0 aliphatic heterocycles. The van der Waals surface area contributed by atoms with Gasteiger partial charge in [-0.15, -0.1) is 0 Å². The van der Waals surface area contributed by atoms with Gasteiger partial charge in [-0.2, -0.15) is 0 Å². The summed E-state index contributed by atoms with van der Waals surface area (Å²) in [7, 11) is 1.60. The van der Waals surface area contributed by atoms with Crippen LogP contribution in [0, 0.1) is 0 Å². The number of methoxy groups -OCH3 is 1. The Bertz CT molecular complexity index is 302. The number of nitrogens with two attached hydrogens (primary N) is 1. The lowest BCUT2D eigenvalue weighted by atomic mass is 10.2. The topological polar surface area (TPSA) is 53.7 Å². The maximum atomic E-state index is 5.52. The van der Waals surface area contributed by atoms with Crippen LogP contribution in [-0.4, -0.2) is 20.5 Å². The molecule has 1 aromatic rings. The molecule has 0 bridgehead atoms. The van der Waals surface area contributed by atoms with Crippen LogP contribution in [0.25, 0.3) is 0 Å². The van der Waals surface area contributed by atoms with Gasteiger partial charge in [-0.25, -0.2) is 0 Å². The minimum Gasteiger partial charge on any atom is -0.493 e. The molecule has 0 fully saturated rings. The van der Waals surface area contributed by atoms with Crippen molar-refractivity contribution >= 4 is 0 Å². The number of hydrogen-bond acceptors (Lipinski definition) is 4. The second-order valence-electron chi connectivity index (χ2n) is 2.94. The second-order valence-corrected chi connectivity index (χ2v) is 2.94. The van der Waals surface area contributed by atoms with Crippen LogP contribution in [0.1, 0.15) is 12.5 Å². The van der Waals surface area contributed by atoms with Gasteiger partial charge in [0.25, 0.3) is 0 Å². The van der Waals surface area contributed by atoms with Crippen molar-refractivity contribution in [3.05, 3.63) is 23.8 Å². The molecule has 1 rings (SSSR count). The Balaban J connectivity index is 2.69. The van der Waals surface area contributed by atoms with Crippen molar-refractivity contribution in [1.29, 1.82) is 0 Å². The van der Waals surface area contributed by atoms with E-state index in [4.69, 9.17) is 19.9 Å². The number of rotatable bonds is 6. The van der Waals surface area contributed by atoms with E-state index in [1.807, 2.05) is 25.1 Å². The fraction of sp³-hybridized carbons (Fsp3) is 0.455. The summed E-state index contributed by atoms with van der Waals surface area (Å²) in [6, 6.07) is 5.60. The summed E-state index contributed by atoms with van der Waals surface area (Å²) >= 11 is 0. The minimum atomic E-state index is 0.231. The molecule has 0 amide bonds. The quantitative estimate of drug-likeness (QED) is 0.572. The zero-order valence-electron chi connectivity index (χ0n) is 9.16. The summed E-state index contributed by atoms with van der Waals surface area (Å²) < 4.78 is 15.7. The summed E-state index contributed by atoms with van der Waals surface area (Å²) in [5.41, 5.74) is 6.53. The Hall–Kier alpha value is -1.26. The summed E-state index contributed by atoms with van der Waals surface area (Å²) in [5, 5.41) is 0. The zero-order valence-corrected chi connectivity index (χ0v) is 9.16. The molecule has 0 saturated carbocycles. The normalized spacial score (nSPS) is 10.1. The molecule has 0 aliphatic carbocycles. The summed E-state index contributed by atoms with van der Waals surface area (Å²) in [6.07, 6.45) is 0. The van der Waals surface area contributed by atoms with E-state index in [1.165, 1.54) is 0 Å². The summed E-state index contributed by atoms with van der Waals surface area (Å²) in [5.74, 6) is 1.35. The number of ether oxygens (including phenoxy) is 3. The molecule has 0 aliphatic rings. The molecular weight excluding hydrogens is 194 g/mol. The van der Waals surface area contributed by atoms with Gasteiger partial charge in [-0.1, -0.05) is 6.07 Å². The van der Waals surface area contributed by atoms with Gasteiger partial charge in [0.05, 0.1) is 7.11 Å². The molecule has 1 aromatic carbocycles. The fourth-order valence-electron chi connectivity index (χ4n) is 1.15. The Labute approximate surface area is 89.9 Å². The van der Waals surface area contributed by atoms with Crippen LogP contribution >= 0.6 is 0 Å². The van der Waals surface area contributed by atoms with Crippen LogP contribution < -0.4 is 15.2 Å². The minimum absolute atomic E-state index is 0.231. The fourth-order valence-corrected chi connectivity index (χ4v) is 1.15. The average molecular weight is 211 g/mol. The first-order chi connectivity index (χ1) is 7.31. The van der Waals surface area contributed by atoms with Crippen molar-refractivity contribution in [2.75, 3.05) is 20.5 Å². The Kier molecular flexibility index (Phi) is 4.93. The monoisotopic (exact) mass is 211 g/mol. The number of benzene rings is 1. The highest BCUT2D eigenvalue weighted by atomic mass is 16.7. The second kappa shape index (κ2) is 6.27. The smallest absolute Gasteiger partial charge is 0.189 e.